The molecule has 0 aliphatic carbocycles. The zero-order chi connectivity index (χ0) is 31.8. The van der Waals surface area contributed by atoms with Crippen molar-refractivity contribution < 1.29 is 28.8 Å². The number of benzene rings is 2. The van der Waals surface area contributed by atoms with Gasteiger partial charge in [0.05, 0.1) is 39.0 Å². The van der Waals surface area contributed by atoms with E-state index in [2.05, 4.69) is 31.0 Å². The highest BCUT2D eigenvalue weighted by atomic mass is 35.5. The molecule has 3 aromatic rings. The van der Waals surface area contributed by atoms with Crippen LogP contribution in [0.25, 0.3) is 0 Å². The Morgan fingerprint density at radius 3 is 2.36 bits per heavy atom. The predicted molar refractivity (Wildman–Crippen MR) is 161 cm³/mol. The number of aromatic amines is 1. The van der Waals surface area contributed by atoms with Crippen LogP contribution in [0.2, 0.25) is 10.0 Å². The second kappa shape index (κ2) is 12.3. The Balaban J connectivity index is 1.03. The number of fused-ring (bicyclic) bond motifs is 1. The Morgan fingerprint density at radius 1 is 0.933 bits per heavy atom. The molecular formula is C29H26Cl2N8O6. The van der Waals surface area contributed by atoms with Crippen LogP contribution >= 0.6 is 23.2 Å². The minimum absolute atomic E-state index is 0.0147. The molecule has 4 N–H and O–H groups in total. The number of halogens is 2. The maximum Gasteiger partial charge on any atom is 0.343 e. The molecule has 0 atom stereocenters. The quantitative estimate of drug-likeness (QED) is 0.282. The Kier molecular flexibility index (Phi) is 8.27. The Labute approximate surface area is 266 Å². The standard InChI is InChI=1S/C29H26Cl2N8O6/c30-19-2-1-3-20(31)23(19)25(41)34-21-13-32-36-24(21)26(42)33-16-6-9-37(10-7-16)14-15-4-5-17-18(12-15)28(44)39(27(17)43)38-11-8-22(40)35-29(38)45/h1-5,12-13,16H,6-11,14H2,(H,32,36)(H,33,42)(H,34,41)(H,35,40,45). The number of nitrogens with one attached hydrogen (secondary N) is 4. The highest BCUT2D eigenvalue weighted by Crippen LogP contribution is 2.28. The number of hydrogen-bond donors (Lipinski definition) is 4. The lowest BCUT2D eigenvalue weighted by Crippen LogP contribution is -2.58. The average Bonchev–Trinajstić information content (AvgIpc) is 3.56. The third-order valence-corrected chi connectivity index (χ3v) is 8.45. The summed E-state index contributed by atoms with van der Waals surface area (Å²) in [5, 5.41) is 16.4. The summed E-state index contributed by atoms with van der Waals surface area (Å²) in [6, 6.07) is 8.75. The van der Waals surface area contributed by atoms with Gasteiger partial charge in [0.25, 0.3) is 23.6 Å². The smallest absolute Gasteiger partial charge is 0.343 e. The van der Waals surface area contributed by atoms with Gasteiger partial charge in [0.2, 0.25) is 5.91 Å². The zero-order valence-corrected chi connectivity index (χ0v) is 25.1. The summed E-state index contributed by atoms with van der Waals surface area (Å²) < 4.78 is 0. The number of amides is 7. The van der Waals surface area contributed by atoms with Crippen LogP contribution in [0.5, 0.6) is 0 Å². The SMILES string of the molecule is O=C1CCN(N2C(=O)c3ccc(CN4CCC(NC(=O)c5n[nH]cc5NC(=O)c5c(Cl)cccc5Cl)CC4)cc3C2=O)C(=O)N1. The van der Waals surface area contributed by atoms with Crippen LogP contribution in [-0.4, -0.2) is 86.4 Å². The van der Waals surface area contributed by atoms with Crippen molar-refractivity contribution in [3.05, 3.63) is 80.6 Å². The number of aromatic nitrogens is 2. The molecule has 1 aromatic heterocycles. The molecule has 14 nitrogen and oxygen atoms in total. The monoisotopic (exact) mass is 652 g/mol. The van der Waals surface area contributed by atoms with E-state index in [9.17, 15) is 28.8 Å². The highest BCUT2D eigenvalue weighted by Gasteiger charge is 2.43. The molecule has 2 fully saturated rings. The van der Waals surface area contributed by atoms with Gasteiger partial charge >= 0.3 is 6.03 Å². The molecule has 2 saturated heterocycles. The number of carbonyl (C=O) groups excluding carboxylic acids is 6. The van der Waals surface area contributed by atoms with Crippen molar-refractivity contribution >= 4 is 64.5 Å². The van der Waals surface area contributed by atoms with Crippen molar-refractivity contribution in [3.8, 4) is 0 Å². The molecule has 4 heterocycles. The predicted octanol–water partition coefficient (Wildman–Crippen LogP) is 2.82. The number of anilines is 1. The lowest BCUT2D eigenvalue weighted by atomic mass is 10.0. The second-order valence-electron chi connectivity index (χ2n) is 10.8. The van der Waals surface area contributed by atoms with Crippen LogP contribution < -0.4 is 16.0 Å². The summed E-state index contributed by atoms with van der Waals surface area (Å²) in [7, 11) is 0. The molecule has 7 amide bonds. The number of hydrogen-bond acceptors (Lipinski definition) is 8. The van der Waals surface area contributed by atoms with Gasteiger partial charge in [-0.25, -0.2) is 9.80 Å². The van der Waals surface area contributed by atoms with E-state index in [1.807, 2.05) is 0 Å². The number of hydrazine groups is 1. The van der Waals surface area contributed by atoms with E-state index >= 15 is 0 Å². The number of imide groups is 2. The zero-order valence-electron chi connectivity index (χ0n) is 23.6. The number of carbonyl (C=O) groups is 6. The molecule has 232 valence electrons. The van der Waals surface area contributed by atoms with Gasteiger partial charge in [-0.15, -0.1) is 0 Å². The summed E-state index contributed by atoms with van der Waals surface area (Å²) in [5.74, 6) is -2.73. The first kappa shape index (κ1) is 30.2. The van der Waals surface area contributed by atoms with E-state index < -0.39 is 35.6 Å². The van der Waals surface area contributed by atoms with Crippen molar-refractivity contribution in [2.45, 2.75) is 31.8 Å². The minimum atomic E-state index is -0.814. The number of H-pyrrole nitrogens is 1. The summed E-state index contributed by atoms with van der Waals surface area (Å²) in [6.07, 6.45) is 2.67. The molecule has 45 heavy (non-hydrogen) atoms. The number of nitrogens with zero attached hydrogens (tertiary/aromatic N) is 4. The molecular weight excluding hydrogens is 627 g/mol. The third kappa shape index (κ3) is 5.99. The van der Waals surface area contributed by atoms with E-state index in [1.165, 1.54) is 6.20 Å². The van der Waals surface area contributed by atoms with E-state index in [0.29, 0.717) is 32.5 Å². The molecule has 3 aliphatic rings. The molecule has 0 spiro atoms. The first-order valence-electron chi connectivity index (χ1n) is 14.1. The maximum atomic E-state index is 13.1. The van der Waals surface area contributed by atoms with Gasteiger partial charge in [0, 0.05) is 38.3 Å². The van der Waals surface area contributed by atoms with Crippen molar-refractivity contribution in [2.75, 3.05) is 25.0 Å². The Morgan fingerprint density at radius 2 is 1.64 bits per heavy atom. The lowest BCUT2D eigenvalue weighted by molar-refractivity contribution is -0.122. The first-order chi connectivity index (χ1) is 21.6. The number of likely N-dealkylation sites (tertiary alicyclic amines) is 1. The van der Waals surface area contributed by atoms with Gasteiger partial charge in [-0.05, 0) is 42.7 Å². The lowest BCUT2D eigenvalue weighted by Gasteiger charge is -2.32. The number of rotatable bonds is 7. The van der Waals surface area contributed by atoms with Crippen LogP contribution in [0.3, 0.4) is 0 Å². The summed E-state index contributed by atoms with van der Waals surface area (Å²) in [5.41, 5.74) is 1.50. The molecule has 6 rings (SSSR count). The van der Waals surface area contributed by atoms with Crippen molar-refractivity contribution in [2.24, 2.45) is 0 Å². The molecule has 0 saturated carbocycles. The fraction of sp³-hybridized carbons (Fsp3) is 0.276. The van der Waals surface area contributed by atoms with Gasteiger partial charge in [-0.2, -0.15) is 10.1 Å². The van der Waals surface area contributed by atoms with Gasteiger partial charge < -0.3 is 10.6 Å². The average molecular weight is 653 g/mol. The van der Waals surface area contributed by atoms with Crippen LogP contribution in [0.15, 0.2) is 42.6 Å². The summed E-state index contributed by atoms with van der Waals surface area (Å²) >= 11 is 12.3. The maximum absolute atomic E-state index is 13.1. The van der Waals surface area contributed by atoms with E-state index in [4.69, 9.17) is 23.2 Å². The molecule has 2 aromatic carbocycles. The molecule has 0 bridgehead atoms. The van der Waals surface area contributed by atoms with Crippen molar-refractivity contribution in [3.63, 3.8) is 0 Å². The fourth-order valence-electron chi connectivity index (χ4n) is 5.54. The number of piperidine rings is 1. The summed E-state index contributed by atoms with van der Waals surface area (Å²) in [4.78, 5) is 77.8. The minimum Gasteiger partial charge on any atom is -0.348 e. The van der Waals surface area contributed by atoms with Crippen molar-refractivity contribution in [1.82, 2.24) is 35.7 Å². The van der Waals surface area contributed by atoms with Crippen molar-refractivity contribution in [1.29, 1.82) is 0 Å². The van der Waals surface area contributed by atoms with Crippen LogP contribution in [0.1, 0.15) is 66.4 Å². The normalized spacial score (nSPS) is 17.4. The molecule has 0 radical (unpaired) electrons. The first-order valence-corrected chi connectivity index (χ1v) is 14.8. The van der Waals surface area contributed by atoms with Gasteiger partial charge in [-0.1, -0.05) is 35.3 Å². The Bertz CT molecular complexity index is 1730. The molecule has 3 aliphatic heterocycles. The topological polar surface area (TPSA) is 177 Å². The van der Waals surface area contributed by atoms with Crippen LogP contribution in [-0.2, 0) is 11.3 Å². The second-order valence-corrected chi connectivity index (χ2v) is 11.6. The fourth-order valence-corrected chi connectivity index (χ4v) is 6.11. The van der Waals surface area contributed by atoms with E-state index in [1.54, 1.807) is 36.4 Å². The summed E-state index contributed by atoms with van der Waals surface area (Å²) in [6.45, 7) is 1.74. The molecule has 0 unspecified atom stereocenters. The number of urea groups is 1. The Hall–Kier alpha value is -4.79. The van der Waals surface area contributed by atoms with Gasteiger partial charge in [0.1, 0.15) is 0 Å². The van der Waals surface area contributed by atoms with Gasteiger partial charge in [0.15, 0.2) is 5.69 Å². The molecule has 16 heteroatoms. The van der Waals surface area contributed by atoms with E-state index in [-0.39, 0.29) is 57.1 Å². The third-order valence-electron chi connectivity index (χ3n) is 7.82. The van der Waals surface area contributed by atoms with Crippen LogP contribution in [0, 0.1) is 0 Å². The largest absolute Gasteiger partial charge is 0.348 e. The highest BCUT2D eigenvalue weighted by molar-refractivity contribution is 6.40. The van der Waals surface area contributed by atoms with Crippen LogP contribution in [0.4, 0.5) is 10.5 Å². The van der Waals surface area contributed by atoms with E-state index in [0.717, 1.165) is 15.6 Å². The van der Waals surface area contributed by atoms with Gasteiger partial charge in [-0.3, -0.25) is 39.3 Å².